The van der Waals surface area contributed by atoms with Crippen LogP contribution in [0, 0.1) is 13.8 Å². The predicted molar refractivity (Wildman–Crippen MR) is 95.4 cm³/mol. The molecule has 3 rings (SSSR count). The molecule has 2 aromatic rings. The number of para-hydroxylation sites is 2. The Balaban J connectivity index is 1.64. The number of amides is 1. The molecule has 24 heavy (non-hydrogen) atoms. The van der Waals surface area contributed by atoms with Gasteiger partial charge in [0.15, 0.2) is 0 Å². The van der Waals surface area contributed by atoms with Crippen LogP contribution in [-0.4, -0.2) is 24.2 Å². The molecule has 1 aromatic heterocycles. The van der Waals surface area contributed by atoms with Crippen molar-refractivity contribution in [2.75, 3.05) is 23.3 Å². The lowest BCUT2D eigenvalue weighted by Crippen LogP contribution is -2.30. The van der Waals surface area contributed by atoms with Crippen molar-refractivity contribution in [2.45, 2.75) is 46.0 Å². The first-order valence-electron chi connectivity index (χ1n) is 8.70. The van der Waals surface area contributed by atoms with Crippen LogP contribution in [0.15, 0.2) is 28.8 Å². The third-order valence-corrected chi connectivity index (χ3v) is 4.66. The molecule has 1 amide bonds. The lowest BCUT2D eigenvalue weighted by molar-refractivity contribution is -0.116. The minimum Gasteiger partial charge on any atom is -0.370 e. The van der Waals surface area contributed by atoms with Gasteiger partial charge in [0, 0.05) is 25.1 Å². The van der Waals surface area contributed by atoms with Gasteiger partial charge in [0.25, 0.3) is 0 Å². The maximum absolute atomic E-state index is 12.4. The van der Waals surface area contributed by atoms with Gasteiger partial charge < -0.3 is 14.7 Å². The lowest BCUT2D eigenvalue weighted by atomic mass is 10.1. The van der Waals surface area contributed by atoms with Crippen LogP contribution in [0.3, 0.4) is 0 Å². The molecule has 1 aliphatic rings. The van der Waals surface area contributed by atoms with E-state index in [-0.39, 0.29) is 5.91 Å². The largest absolute Gasteiger partial charge is 0.370 e. The van der Waals surface area contributed by atoms with Gasteiger partial charge in [-0.05, 0) is 51.7 Å². The van der Waals surface area contributed by atoms with Gasteiger partial charge in [-0.1, -0.05) is 17.3 Å². The summed E-state index contributed by atoms with van der Waals surface area (Å²) in [7, 11) is 0. The Bertz CT molecular complexity index is 683. The number of rotatable bonds is 5. The van der Waals surface area contributed by atoms with Gasteiger partial charge in [-0.3, -0.25) is 4.79 Å². The highest BCUT2D eigenvalue weighted by Crippen LogP contribution is 2.28. The van der Waals surface area contributed by atoms with E-state index in [4.69, 9.17) is 4.52 Å². The Labute approximate surface area is 143 Å². The Morgan fingerprint density at radius 2 is 1.96 bits per heavy atom. The number of aromatic nitrogens is 1. The highest BCUT2D eigenvalue weighted by Gasteiger charge is 2.16. The molecular formula is C19H25N3O2. The first kappa shape index (κ1) is 16.6. The number of hydrogen-bond donors (Lipinski definition) is 1. The number of carbonyl (C=O) groups excluding carboxylic acids is 1. The van der Waals surface area contributed by atoms with Crippen LogP contribution < -0.4 is 10.2 Å². The fourth-order valence-electron chi connectivity index (χ4n) is 3.30. The molecule has 1 fully saturated rings. The number of anilines is 2. The molecule has 5 heteroatoms. The van der Waals surface area contributed by atoms with Gasteiger partial charge in [-0.25, -0.2) is 0 Å². The maximum Gasteiger partial charge on any atom is 0.224 e. The fraction of sp³-hybridized carbons (Fsp3) is 0.474. The SMILES string of the molecule is Cc1noc(C)c1CCC(=O)Nc1ccccc1N1CCCCC1. The highest BCUT2D eigenvalue weighted by atomic mass is 16.5. The Morgan fingerprint density at radius 3 is 2.67 bits per heavy atom. The van der Waals surface area contributed by atoms with Crippen molar-refractivity contribution in [3.8, 4) is 0 Å². The van der Waals surface area contributed by atoms with Crippen molar-refractivity contribution in [3.63, 3.8) is 0 Å². The smallest absolute Gasteiger partial charge is 0.224 e. The van der Waals surface area contributed by atoms with E-state index in [0.29, 0.717) is 12.8 Å². The molecule has 0 radical (unpaired) electrons. The summed E-state index contributed by atoms with van der Waals surface area (Å²) in [6.45, 7) is 5.92. The molecule has 0 atom stereocenters. The molecule has 0 spiro atoms. The van der Waals surface area contributed by atoms with E-state index in [1.54, 1.807) is 0 Å². The van der Waals surface area contributed by atoms with Crippen LogP contribution in [0.5, 0.6) is 0 Å². The maximum atomic E-state index is 12.4. The van der Waals surface area contributed by atoms with Crippen LogP contribution in [-0.2, 0) is 11.2 Å². The normalized spacial score (nSPS) is 14.7. The number of hydrogen-bond acceptors (Lipinski definition) is 4. The zero-order valence-electron chi connectivity index (χ0n) is 14.5. The van der Waals surface area contributed by atoms with Crippen LogP contribution in [0.4, 0.5) is 11.4 Å². The Kier molecular flexibility index (Phi) is 5.18. The summed E-state index contributed by atoms with van der Waals surface area (Å²) in [5.74, 6) is 0.827. The Morgan fingerprint density at radius 1 is 1.21 bits per heavy atom. The molecule has 1 aromatic carbocycles. The molecule has 0 aliphatic carbocycles. The van der Waals surface area contributed by atoms with E-state index in [1.165, 1.54) is 19.3 Å². The van der Waals surface area contributed by atoms with Crippen molar-refractivity contribution < 1.29 is 9.32 Å². The fourth-order valence-corrected chi connectivity index (χ4v) is 3.30. The topological polar surface area (TPSA) is 58.4 Å². The van der Waals surface area contributed by atoms with Crippen molar-refractivity contribution >= 4 is 17.3 Å². The van der Waals surface area contributed by atoms with Crippen molar-refractivity contribution in [1.82, 2.24) is 5.16 Å². The number of carbonyl (C=O) groups is 1. The molecule has 1 aliphatic heterocycles. The zero-order valence-corrected chi connectivity index (χ0v) is 14.5. The first-order chi connectivity index (χ1) is 11.6. The summed E-state index contributed by atoms with van der Waals surface area (Å²) in [6.07, 6.45) is 4.81. The van der Waals surface area contributed by atoms with Crippen LogP contribution in [0.25, 0.3) is 0 Å². The van der Waals surface area contributed by atoms with E-state index in [2.05, 4.69) is 21.4 Å². The van der Waals surface area contributed by atoms with E-state index < -0.39 is 0 Å². The summed E-state index contributed by atoms with van der Waals surface area (Å²) >= 11 is 0. The van der Waals surface area contributed by atoms with Crippen LogP contribution >= 0.6 is 0 Å². The van der Waals surface area contributed by atoms with Crippen LogP contribution in [0.1, 0.15) is 42.7 Å². The third-order valence-electron chi connectivity index (χ3n) is 4.66. The number of piperidine rings is 1. The monoisotopic (exact) mass is 327 g/mol. The minimum absolute atomic E-state index is 0.0273. The average molecular weight is 327 g/mol. The molecule has 2 heterocycles. The van der Waals surface area contributed by atoms with Gasteiger partial charge in [-0.2, -0.15) is 0 Å². The van der Waals surface area contributed by atoms with E-state index in [9.17, 15) is 4.79 Å². The number of benzene rings is 1. The summed E-state index contributed by atoms with van der Waals surface area (Å²) < 4.78 is 5.16. The second-order valence-electron chi connectivity index (χ2n) is 6.42. The van der Waals surface area contributed by atoms with Gasteiger partial charge >= 0.3 is 0 Å². The molecule has 0 unspecified atom stereocenters. The molecule has 1 saturated heterocycles. The molecule has 128 valence electrons. The van der Waals surface area contributed by atoms with Crippen molar-refractivity contribution in [3.05, 3.63) is 41.3 Å². The summed E-state index contributed by atoms with van der Waals surface area (Å²) in [5.41, 5.74) is 3.94. The molecule has 0 saturated carbocycles. The van der Waals surface area contributed by atoms with Crippen molar-refractivity contribution in [1.29, 1.82) is 0 Å². The van der Waals surface area contributed by atoms with Gasteiger partial charge in [-0.15, -0.1) is 0 Å². The predicted octanol–water partition coefficient (Wildman–Crippen LogP) is 3.85. The van der Waals surface area contributed by atoms with Gasteiger partial charge in [0.1, 0.15) is 5.76 Å². The molecule has 0 bridgehead atoms. The second kappa shape index (κ2) is 7.51. The van der Waals surface area contributed by atoms with E-state index >= 15 is 0 Å². The average Bonchev–Trinajstić information content (AvgIpc) is 2.92. The number of nitrogens with one attached hydrogen (secondary N) is 1. The zero-order chi connectivity index (χ0) is 16.9. The quantitative estimate of drug-likeness (QED) is 0.906. The molecule has 5 nitrogen and oxygen atoms in total. The van der Waals surface area contributed by atoms with E-state index in [0.717, 1.165) is 41.5 Å². The first-order valence-corrected chi connectivity index (χ1v) is 8.70. The summed E-state index contributed by atoms with van der Waals surface area (Å²) in [6, 6.07) is 8.08. The van der Waals surface area contributed by atoms with Gasteiger partial charge in [0.05, 0.1) is 17.1 Å². The molecule has 1 N–H and O–H groups in total. The summed E-state index contributed by atoms with van der Waals surface area (Å²) in [5, 5.41) is 7.02. The Hall–Kier alpha value is -2.30. The highest BCUT2D eigenvalue weighted by molar-refractivity contribution is 5.94. The minimum atomic E-state index is 0.0273. The lowest BCUT2D eigenvalue weighted by Gasteiger charge is -2.30. The van der Waals surface area contributed by atoms with Crippen LogP contribution in [0.2, 0.25) is 0 Å². The van der Waals surface area contributed by atoms with Gasteiger partial charge in [0.2, 0.25) is 5.91 Å². The molecular weight excluding hydrogens is 302 g/mol. The third kappa shape index (κ3) is 3.78. The number of aryl methyl sites for hydroxylation is 2. The second-order valence-corrected chi connectivity index (χ2v) is 6.42. The van der Waals surface area contributed by atoms with Crippen molar-refractivity contribution in [2.24, 2.45) is 0 Å². The van der Waals surface area contributed by atoms with E-state index in [1.807, 2.05) is 32.0 Å². The summed E-state index contributed by atoms with van der Waals surface area (Å²) in [4.78, 5) is 14.8. The number of nitrogens with zero attached hydrogens (tertiary/aromatic N) is 2. The standard InChI is InChI=1S/C19H25N3O2/c1-14-16(15(2)24-21-14)10-11-19(23)20-17-8-4-5-9-18(17)22-12-6-3-7-13-22/h4-5,8-9H,3,6-7,10-13H2,1-2H3,(H,20,23).